The number of anilines is 1. The van der Waals surface area contributed by atoms with E-state index in [1.54, 1.807) is 37.3 Å². The van der Waals surface area contributed by atoms with Crippen LogP contribution in [0, 0.1) is 11.8 Å². The van der Waals surface area contributed by atoms with Crippen LogP contribution in [0.25, 0.3) is 0 Å². The summed E-state index contributed by atoms with van der Waals surface area (Å²) in [4.78, 5) is 17.4. The molecule has 0 aromatic heterocycles. The Balaban J connectivity index is 1.91. The first-order chi connectivity index (χ1) is 16.1. The SMILES string of the molecule is CO[C@@H]1CN(C)C(=O)c2ccc(NS(C)(=O)=O)cc2OC[C@@H](C)N(CC2CCCCC2)C[C@H]1C. The second-order valence-electron chi connectivity index (χ2n) is 10.1. The first kappa shape index (κ1) is 26.8. The molecule has 1 aromatic rings. The number of hydrogen-bond acceptors (Lipinski definition) is 6. The maximum Gasteiger partial charge on any atom is 0.257 e. The molecule has 0 spiro atoms. The number of nitrogens with zero attached hydrogens (tertiary/aromatic N) is 2. The van der Waals surface area contributed by atoms with E-state index in [4.69, 9.17) is 9.47 Å². The van der Waals surface area contributed by atoms with Crippen molar-refractivity contribution in [1.82, 2.24) is 9.80 Å². The summed E-state index contributed by atoms with van der Waals surface area (Å²) in [5, 5.41) is 0. The Kier molecular flexibility index (Phi) is 9.23. The van der Waals surface area contributed by atoms with E-state index in [0.717, 1.165) is 19.3 Å². The lowest BCUT2D eigenvalue weighted by Crippen LogP contribution is -2.48. The molecule has 3 rings (SSSR count). The van der Waals surface area contributed by atoms with Crippen LogP contribution in [0.2, 0.25) is 0 Å². The maximum absolute atomic E-state index is 13.3. The van der Waals surface area contributed by atoms with Crippen molar-refractivity contribution in [2.24, 2.45) is 11.8 Å². The van der Waals surface area contributed by atoms with Gasteiger partial charge in [-0.25, -0.2) is 8.42 Å². The van der Waals surface area contributed by atoms with Gasteiger partial charge in [-0.2, -0.15) is 0 Å². The van der Waals surface area contributed by atoms with Crippen molar-refractivity contribution in [2.75, 3.05) is 51.4 Å². The Hall–Kier alpha value is -1.84. The lowest BCUT2D eigenvalue weighted by Gasteiger charge is -2.38. The van der Waals surface area contributed by atoms with Gasteiger partial charge < -0.3 is 14.4 Å². The van der Waals surface area contributed by atoms with Gasteiger partial charge in [0.25, 0.3) is 5.91 Å². The normalized spacial score (nSPS) is 26.2. The zero-order valence-corrected chi connectivity index (χ0v) is 22.1. The predicted octanol–water partition coefficient (Wildman–Crippen LogP) is 3.44. The molecule has 2 aliphatic rings. The summed E-state index contributed by atoms with van der Waals surface area (Å²) < 4.78 is 38.0. The third-order valence-electron chi connectivity index (χ3n) is 7.10. The minimum Gasteiger partial charge on any atom is -0.491 e. The van der Waals surface area contributed by atoms with Crippen molar-refractivity contribution in [3.05, 3.63) is 23.8 Å². The fraction of sp³-hybridized carbons (Fsp3) is 0.720. The lowest BCUT2D eigenvalue weighted by molar-refractivity contribution is 0.00690. The number of fused-ring (bicyclic) bond motifs is 1. The van der Waals surface area contributed by atoms with E-state index >= 15 is 0 Å². The number of hydrogen-bond donors (Lipinski definition) is 1. The molecule has 1 aliphatic heterocycles. The summed E-state index contributed by atoms with van der Waals surface area (Å²) >= 11 is 0. The van der Waals surface area contributed by atoms with Gasteiger partial charge in [0.2, 0.25) is 10.0 Å². The first-order valence-corrected chi connectivity index (χ1v) is 14.2. The maximum atomic E-state index is 13.3. The third-order valence-corrected chi connectivity index (χ3v) is 7.70. The molecule has 0 unspecified atom stereocenters. The van der Waals surface area contributed by atoms with Crippen LogP contribution in [0.3, 0.4) is 0 Å². The fourth-order valence-corrected chi connectivity index (χ4v) is 5.64. The molecule has 0 bridgehead atoms. The molecule has 1 saturated carbocycles. The van der Waals surface area contributed by atoms with Gasteiger partial charge in [-0.3, -0.25) is 14.4 Å². The molecule has 8 nitrogen and oxygen atoms in total. The van der Waals surface area contributed by atoms with Gasteiger partial charge in [0.05, 0.1) is 23.6 Å². The van der Waals surface area contributed by atoms with Crippen LogP contribution in [0.4, 0.5) is 5.69 Å². The number of likely N-dealkylation sites (N-methyl/N-ethyl adjacent to an activating group) is 1. The molecule has 9 heteroatoms. The van der Waals surface area contributed by atoms with E-state index in [1.165, 1.54) is 32.1 Å². The molecule has 1 amide bonds. The van der Waals surface area contributed by atoms with E-state index in [9.17, 15) is 13.2 Å². The zero-order valence-electron chi connectivity index (χ0n) is 21.2. The van der Waals surface area contributed by atoms with E-state index < -0.39 is 10.0 Å². The Labute approximate surface area is 205 Å². The minimum absolute atomic E-state index is 0.0926. The van der Waals surface area contributed by atoms with Crippen molar-refractivity contribution >= 4 is 21.6 Å². The highest BCUT2D eigenvalue weighted by Gasteiger charge is 2.29. The molecule has 0 radical (unpaired) electrons. The monoisotopic (exact) mass is 495 g/mol. The quantitative estimate of drug-likeness (QED) is 0.673. The molecule has 34 heavy (non-hydrogen) atoms. The van der Waals surface area contributed by atoms with Gasteiger partial charge >= 0.3 is 0 Å². The van der Waals surface area contributed by atoms with Gasteiger partial charge in [0.15, 0.2) is 0 Å². The Morgan fingerprint density at radius 3 is 2.50 bits per heavy atom. The van der Waals surface area contributed by atoms with Gasteiger partial charge in [0.1, 0.15) is 12.4 Å². The molecule has 1 fully saturated rings. The van der Waals surface area contributed by atoms with Crippen LogP contribution in [0.1, 0.15) is 56.3 Å². The van der Waals surface area contributed by atoms with Crippen LogP contribution in [0.15, 0.2) is 18.2 Å². The number of amides is 1. The predicted molar refractivity (Wildman–Crippen MR) is 135 cm³/mol. The number of benzene rings is 1. The average Bonchev–Trinajstić information content (AvgIpc) is 2.79. The molecule has 0 saturated heterocycles. The molecule has 1 aromatic carbocycles. The van der Waals surface area contributed by atoms with E-state index in [2.05, 4.69) is 23.5 Å². The molecule has 192 valence electrons. The smallest absolute Gasteiger partial charge is 0.257 e. The number of rotatable bonds is 5. The number of nitrogens with one attached hydrogen (secondary N) is 1. The molecular weight excluding hydrogens is 454 g/mol. The van der Waals surface area contributed by atoms with E-state index in [-0.39, 0.29) is 24.0 Å². The number of methoxy groups -OCH3 is 1. The van der Waals surface area contributed by atoms with Crippen LogP contribution >= 0.6 is 0 Å². The van der Waals surface area contributed by atoms with E-state index in [1.807, 2.05) is 0 Å². The Morgan fingerprint density at radius 2 is 1.85 bits per heavy atom. The number of sulfonamides is 1. The molecule has 1 aliphatic carbocycles. The van der Waals surface area contributed by atoms with Crippen molar-refractivity contribution in [3.63, 3.8) is 0 Å². The Morgan fingerprint density at radius 1 is 1.15 bits per heavy atom. The highest BCUT2D eigenvalue weighted by molar-refractivity contribution is 7.92. The van der Waals surface area contributed by atoms with Crippen molar-refractivity contribution in [1.29, 1.82) is 0 Å². The largest absolute Gasteiger partial charge is 0.491 e. The van der Waals surface area contributed by atoms with E-state index in [0.29, 0.717) is 36.1 Å². The summed E-state index contributed by atoms with van der Waals surface area (Å²) in [6.07, 6.45) is 7.48. The topological polar surface area (TPSA) is 88.2 Å². The van der Waals surface area contributed by atoms with Crippen molar-refractivity contribution < 1.29 is 22.7 Å². The molecule has 3 atom stereocenters. The van der Waals surface area contributed by atoms with Crippen LogP contribution < -0.4 is 9.46 Å². The highest BCUT2D eigenvalue weighted by atomic mass is 32.2. The lowest BCUT2D eigenvalue weighted by atomic mass is 9.88. The second-order valence-corrected chi connectivity index (χ2v) is 11.9. The summed E-state index contributed by atoms with van der Waals surface area (Å²) in [6.45, 7) is 7.12. The Bertz CT molecular complexity index is 932. The zero-order chi connectivity index (χ0) is 24.9. The van der Waals surface area contributed by atoms with Gasteiger partial charge in [0, 0.05) is 45.9 Å². The molecule has 1 N–H and O–H groups in total. The van der Waals surface area contributed by atoms with Crippen LogP contribution in [-0.2, 0) is 14.8 Å². The summed E-state index contributed by atoms with van der Waals surface area (Å²) in [6, 6.07) is 4.95. The van der Waals surface area contributed by atoms with Crippen molar-refractivity contribution in [3.8, 4) is 5.75 Å². The molecular formula is C25H41N3O5S. The number of carbonyl (C=O) groups excluding carboxylic acids is 1. The number of carbonyl (C=O) groups is 1. The molecule has 1 heterocycles. The number of ether oxygens (including phenoxy) is 2. The summed E-state index contributed by atoms with van der Waals surface area (Å²) in [5.41, 5.74) is 0.787. The van der Waals surface area contributed by atoms with Gasteiger partial charge in [-0.05, 0) is 43.7 Å². The third kappa shape index (κ3) is 7.33. The van der Waals surface area contributed by atoms with Crippen molar-refractivity contribution in [2.45, 2.75) is 58.1 Å². The fourth-order valence-electron chi connectivity index (χ4n) is 5.08. The van der Waals surface area contributed by atoms with Gasteiger partial charge in [-0.1, -0.05) is 26.2 Å². The first-order valence-electron chi connectivity index (χ1n) is 12.3. The van der Waals surface area contributed by atoms with Crippen LogP contribution in [-0.4, -0.2) is 82.9 Å². The highest BCUT2D eigenvalue weighted by Crippen LogP contribution is 2.29. The van der Waals surface area contributed by atoms with Crippen LogP contribution in [0.5, 0.6) is 5.75 Å². The second kappa shape index (κ2) is 11.7. The minimum atomic E-state index is -3.45. The summed E-state index contributed by atoms with van der Waals surface area (Å²) in [5.74, 6) is 1.14. The average molecular weight is 496 g/mol. The summed E-state index contributed by atoms with van der Waals surface area (Å²) in [7, 11) is 0.0279. The van der Waals surface area contributed by atoms with Gasteiger partial charge in [-0.15, -0.1) is 0 Å². The standard InChI is InChI=1S/C25H41N3O5S/c1-18-14-28(15-20-9-7-6-8-10-20)19(2)17-33-23-13-21(26-34(5,30)31)11-12-22(23)25(29)27(3)16-24(18)32-4/h11-13,18-20,24,26H,6-10,14-17H2,1-5H3/t18-,19-,24-/m1/s1.